The third-order valence-electron chi connectivity index (χ3n) is 5.91. The second-order valence-electron chi connectivity index (χ2n) is 7.95. The van der Waals surface area contributed by atoms with Crippen LogP contribution in [0.15, 0.2) is 24.3 Å². The molecule has 2 saturated heterocycles. The molecule has 3 fully saturated rings. The molecule has 1 amide bonds. The van der Waals surface area contributed by atoms with E-state index in [9.17, 15) is 4.79 Å². The summed E-state index contributed by atoms with van der Waals surface area (Å²) in [5.41, 5.74) is 2.84. The number of morpholine rings is 1. The summed E-state index contributed by atoms with van der Waals surface area (Å²) in [7, 11) is 0. The van der Waals surface area contributed by atoms with Crippen LogP contribution >= 0.6 is 0 Å². The summed E-state index contributed by atoms with van der Waals surface area (Å²) < 4.78 is 5.41. The van der Waals surface area contributed by atoms with E-state index in [-0.39, 0.29) is 0 Å². The van der Waals surface area contributed by atoms with Crippen molar-refractivity contribution in [3.63, 3.8) is 0 Å². The molecule has 4 nitrogen and oxygen atoms in total. The second kappa shape index (κ2) is 7.88. The lowest BCUT2D eigenvalue weighted by molar-refractivity contribution is -0.133. The van der Waals surface area contributed by atoms with Crippen molar-refractivity contribution < 1.29 is 9.53 Å². The van der Waals surface area contributed by atoms with Gasteiger partial charge in [0.15, 0.2) is 0 Å². The molecule has 2 aliphatic heterocycles. The summed E-state index contributed by atoms with van der Waals surface area (Å²) in [6, 6.07) is 9.18. The van der Waals surface area contributed by atoms with Gasteiger partial charge in [-0.25, -0.2) is 0 Å². The van der Waals surface area contributed by atoms with Crippen molar-refractivity contribution >= 4 is 5.91 Å². The molecule has 3 aliphatic rings. The van der Waals surface area contributed by atoms with E-state index >= 15 is 0 Å². The number of ether oxygens (including phenoxy) is 1. The summed E-state index contributed by atoms with van der Waals surface area (Å²) in [5, 5.41) is 0. The van der Waals surface area contributed by atoms with Crippen LogP contribution in [0.1, 0.15) is 36.8 Å². The number of benzene rings is 1. The van der Waals surface area contributed by atoms with E-state index in [2.05, 4.69) is 34.1 Å². The SMILES string of the molecule is O=C(C1CC1)N1CCC(Cc2ccc(CN3CCOCC3)cc2)CC1. The normalized spacial score (nSPS) is 23.0. The quantitative estimate of drug-likeness (QED) is 0.825. The maximum absolute atomic E-state index is 12.1. The summed E-state index contributed by atoms with van der Waals surface area (Å²) >= 11 is 0. The second-order valence-corrected chi connectivity index (χ2v) is 7.95. The molecule has 25 heavy (non-hydrogen) atoms. The molecule has 0 radical (unpaired) electrons. The van der Waals surface area contributed by atoms with Crippen molar-refractivity contribution in [3.05, 3.63) is 35.4 Å². The van der Waals surface area contributed by atoms with E-state index < -0.39 is 0 Å². The number of hydrogen-bond donors (Lipinski definition) is 0. The van der Waals surface area contributed by atoms with Gasteiger partial charge in [-0.05, 0) is 49.1 Å². The largest absolute Gasteiger partial charge is 0.379 e. The first-order chi connectivity index (χ1) is 12.3. The fraction of sp³-hybridized carbons (Fsp3) is 0.667. The van der Waals surface area contributed by atoms with Crippen LogP contribution in [0, 0.1) is 11.8 Å². The molecule has 0 aromatic heterocycles. The molecule has 2 heterocycles. The van der Waals surface area contributed by atoms with Crippen LogP contribution < -0.4 is 0 Å². The van der Waals surface area contributed by atoms with E-state index in [4.69, 9.17) is 4.74 Å². The van der Waals surface area contributed by atoms with Crippen molar-refractivity contribution in [3.8, 4) is 0 Å². The van der Waals surface area contributed by atoms with Gasteiger partial charge in [0.05, 0.1) is 13.2 Å². The third-order valence-corrected chi connectivity index (χ3v) is 5.91. The molecule has 1 aliphatic carbocycles. The van der Waals surface area contributed by atoms with Crippen LogP contribution in [0.4, 0.5) is 0 Å². The summed E-state index contributed by atoms with van der Waals surface area (Å²) in [4.78, 5) is 16.7. The Labute approximate surface area is 151 Å². The molecule has 1 saturated carbocycles. The number of rotatable bonds is 5. The van der Waals surface area contributed by atoms with Crippen molar-refractivity contribution in [2.24, 2.45) is 11.8 Å². The number of likely N-dealkylation sites (tertiary alicyclic amines) is 1. The van der Waals surface area contributed by atoms with Gasteiger partial charge >= 0.3 is 0 Å². The highest BCUT2D eigenvalue weighted by molar-refractivity contribution is 5.81. The Balaban J connectivity index is 1.23. The maximum atomic E-state index is 12.1. The maximum Gasteiger partial charge on any atom is 0.225 e. The van der Waals surface area contributed by atoms with Gasteiger partial charge in [-0.2, -0.15) is 0 Å². The Morgan fingerprint density at radius 1 is 0.920 bits per heavy atom. The van der Waals surface area contributed by atoms with Crippen molar-refractivity contribution in [2.45, 2.75) is 38.6 Å². The van der Waals surface area contributed by atoms with E-state index in [1.165, 1.54) is 11.1 Å². The average molecular weight is 342 g/mol. The minimum Gasteiger partial charge on any atom is -0.379 e. The topological polar surface area (TPSA) is 32.8 Å². The molecular weight excluding hydrogens is 312 g/mol. The fourth-order valence-electron chi connectivity index (χ4n) is 4.08. The molecule has 4 heteroatoms. The molecule has 0 atom stereocenters. The highest BCUT2D eigenvalue weighted by Crippen LogP contribution is 2.32. The number of hydrogen-bond acceptors (Lipinski definition) is 3. The van der Waals surface area contributed by atoms with Gasteiger partial charge in [0, 0.05) is 38.6 Å². The Morgan fingerprint density at radius 3 is 2.20 bits per heavy atom. The minimum atomic E-state index is 0.371. The van der Waals surface area contributed by atoms with Crippen LogP contribution in [-0.4, -0.2) is 55.1 Å². The van der Waals surface area contributed by atoms with Crippen LogP contribution in [0.3, 0.4) is 0 Å². The molecular formula is C21H30N2O2. The van der Waals surface area contributed by atoms with E-state index in [0.29, 0.717) is 11.8 Å². The van der Waals surface area contributed by atoms with Gasteiger partial charge in [0.2, 0.25) is 5.91 Å². The Kier molecular flexibility index (Phi) is 5.37. The van der Waals surface area contributed by atoms with Crippen molar-refractivity contribution in [2.75, 3.05) is 39.4 Å². The van der Waals surface area contributed by atoms with Crippen molar-refractivity contribution in [1.29, 1.82) is 0 Å². The first kappa shape index (κ1) is 17.0. The minimum absolute atomic E-state index is 0.371. The zero-order valence-corrected chi connectivity index (χ0v) is 15.2. The van der Waals surface area contributed by atoms with Gasteiger partial charge in [0.25, 0.3) is 0 Å². The summed E-state index contributed by atoms with van der Waals surface area (Å²) in [6.07, 6.45) is 5.72. The molecule has 1 aromatic rings. The number of carbonyl (C=O) groups excluding carboxylic acids is 1. The lowest BCUT2D eigenvalue weighted by Crippen LogP contribution is -2.39. The Morgan fingerprint density at radius 2 is 1.56 bits per heavy atom. The highest BCUT2D eigenvalue weighted by atomic mass is 16.5. The van der Waals surface area contributed by atoms with E-state index in [1.807, 2.05) is 0 Å². The Hall–Kier alpha value is -1.39. The number of amides is 1. The Bertz CT molecular complexity index is 568. The summed E-state index contributed by atoms with van der Waals surface area (Å²) in [6.45, 7) is 6.77. The summed E-state index contributed by atoms with van der Waals surface area (Å²) in [5.74, 6) is 1.52. The lowest BCUT2D eigenvalue weighted by atomic mass is 9.89. The predicted molar refractivity (Wildman–Crippen MR) is 98.3 cm³/mol. The van der Waals surface area contributed by atoms with Gasteiger partial charge < -0.3 is 9.64 Å². The lowest BCUT2D eigenvalue weighted by Gasteiger charge is -2.32. The number of nitrogens with zero attached hydrogens (tertiary/aromatic N) is 2. The smallest absolute Gasteiger partial charge is 0.225 e. The molecule has 4 rings (SSSR count). The van der Waals surface area contributed by atoms with Crippen LogP contribution in [0.25, 0.3) is 0 Å². The molecule has 0 unspecified atom stereocenters. The molecule has 0 bridgehead atoms. The number of carbonyl (C=O) groups is 1. The first-order valence-electron chi connectivity index (χ1n) is 9.94. The third kappa shape index (κ3) is 4.62. The zero-order valence-electron chi connectivity index (χ0n) is 15.2. The molecule has 0 spiro atoms. The standard InChI is InChI=1S/C21H30N2O2/c24-21(20-5-6-20)23-9-7-18(8-10-23)15-17-1-3-19(4-2-17)16-22-11-13-25-14-12-22/h1-4,18,20H,5-16H2. The molecule has 0 N–H and O–H groups in total. The van der Waals surface area contributed by atoms with Gasteiger partial charge in [0.1, 0.15) is 0 Å². The van der Waals surface area contributed by atoms with Gasteiger partial charge in [-0.1, -0.05) is 24.3 Å². The van der Waals surface area contributed by atoms with Gasteiger partial charge in [-0.3, -0.25) is 9.69 Å². The van der Waals surface area contributed by atoms with E-state index in [1.54, 1.807) is 0 Å². The van der Waals surface area contributed by atoms with E-state index in [0.717, 1.165) is 84.0 Å². The number of piperidine rings is 1. The molecule has 1 aromatic carbocycles. The average Bonchev–Trinajstić information content (AvgIpc) is 3.50. The van der Waals surface area contributed by atoms with Crippen LogP contribution in [-0.2, 0) is 22.5 Å². The predicted octanol–water partition coefficient (Wildman–Crippen LogP) is 2.71. The zero-order chi connectivity index (χ0) is 17.1. The first-order valence-corrected chi connectivity index (χ1v) is 9.94. The fourth-order valence-corrected chi connectivity index (χ4v) is 4.08. The van der Waals surface area contributed by atoms with Crippen LogP contribution in [0.2, 0.25) is 0 Å². The van der Waals surface area contributed by atoms with Crippen molar-refractivity contribution in [1.82, 2.24) is 9.80 Å². The van der Waals surface area contributed by atoms with Crippen LogP contribution in [0.5, 0.6) is 0 Å². The monoisotopic (exact) mass is 342 g/mol. The molecule has 136 valence electrons. The van der Waals surface area contributed by atoms with Gasteiger partial charge in [-0.15, -0.1) is 0 Å². The highest BCUT2D eigenvalue weighted by Gasteiger charge is 2.34.